The van der Waals surface area contributed by atoms with Crippen LogP contribution in [0, 0.1) is 0 Å². The Hall–Kier alpha value is -16.0. The first-order chi connectivity index (χ1) is 59.4. The number of pyridine rings is 6. The second kappa shape index (κ2) is 34.6. The summed E-state index contributed by atoms with van der Waals surface area (Å²) >= 11 is 0. The van der Waals surface area contributed by atoms with Gasteiger partial charge in [0.15, 0.2) is 11.6 Å². The molecule has 11 aromatic carbocycles. The molecule has 0 aliphatic heterocycles. The van der Waals surface area contributed by atoms with Gasteiger partial charge in [0.2, 0.25) is 0 Å². The summed E-state index contributed by atoms with van der Waals surface area (Å²) in [6, 6.07) is 138. The van der Waals surface area contributed by atoms with Crippen LogP contribution in [0.15, 0.2) is 443 Å². The van der Waals surface area contributed by atoms with Gasteiger partial charge in [0, 0.05) is 63.5 Å². The van der Waals surface area contributed by atoms with Crippen LogP contribution in [-0.2, 0) is 0 Å². The molecule has 1 unspecified atom stereocenters. The summed E-state index contributed by atoms with van der Waals surface area (Å²) in [6.07, 6.45) is 15.2. The van der Waals surface area contributed by atoms with Crippen molar-refractivity contribution >= 4 is 0 Å². The van der Waals surface area contributed by atoms with Gasteiger partial charge in [-0.1, -0.05) is 340 Å². The van der Waals surface area contributed by atoms with Crippen molar-refractivity contribution in [3.05, 3.63) is 449 Å². The minimum absolute atomic E-state index is 0.396. The summed E-state index contributed by atoms with van der Waals surface area (Å²) in [5.41, 5.74) is 32.7. The quantitative estimate of drug-likeness (QED) is 0.0819. The van der Waals surface area contributed by atoms with Crippen LogP contribution in [0.5, 0.6) is 0 Å². The van der Waals surface area contributed by atoms with Crippen LogP contribution in [0.4, 0.5) is 0 Å². The van der Waals surface area contributed by atoms with Crippen molar-refractivity contribution in [2.45, 2.75) is 12.3 Å². The molecule has 566 valence electrons. The number of benzene rings is 11. The zero-order valence-electron chi connectivity index (χ0n) is 65.4. The zero-order chi connectivity index (χ0) is 80.2. The average Bonchev–Trinajstić information content (AvgIpc) is 0.803. The summed E-state index contributed by atoms with van der Waals surface area (Å²) < 4.78 is 0. The molecule has 8 aromatic heterocycles. The van der Waals surface area contributed by atoms with Crippen molar-refractivity contribution < 1.29 is 0 Å². The van der Waals surface area contributed by atoms with Gasteiger partial charge < -0.3 is 0 Å². The van der Waals surface area contributed by atoms with Crippen LogP contribution in [0.3, 0.4) is 0 Å². The fraction of sp³-hybridized carbons (Fsp3) is 0.0182. The Morgan fingerprint density at radius 1 is 0.167 bits per heavy atom. The van der Waals surface area contributed by atoms with Gasteiger partial charge in [0.05, 0.1) is 74.0 Å². The monoisotopic (exact) mass is 1540 g/mol. The summed E-state index contributed by atoms with van der Waals surface area (Å²) in [5, 5.41) is 0. The van der Waals surface area contributed by atoms with Gasteiger partial charge in [0.25, 0.3) is 0 Å². The van der Waals surface area contributed by atoms with Gasteiger partial charge in [-0.25, -0.2) is 34.9 Å². The highest BCUT2D eigenvalue weighted by atomic mass is 14.9. The summed E-state index contributed by atoms with van der Waals surface area (Å²) in [4.78, 5) is 49.4. The predicted molar refractivity (Wildman–Crippen MR) is 489 cm³/mol. The molecule has 120 heavy (non-hydrogen) atoms. The van der Waals surface area contributed by atoms with Gasteiger partial charge in [-0.2, -0.15) is 0 Å². The third kappa shape index (κ3) is 16.9. The lowest BCUT2D eigenvalue weighted by atomic mass is 9.92. The molecule has 8 heterocycles. The van der Waals surface area contributed by atoms with Gasteiger partial charge in [0.1, 0.15) is 0 Å². The van der Waals surface area contributed by atoms with Crippen molar-refractivity contribution in [3.63, 3.8) is 0 Å². The van der Waals surface area contributed by atoms with Crippen LogP contribution in [0.2, 0.25) is 0 Å². The Morgan fingerprint density at radius 2 is 0.458 bits per heavy atom. The van der Waals surface area contributed by atoms with E-state index in [-0.39, 0.29) is 0 Å². The SMILES string of the molecule is C1=CCC(c2ccc(-c3nc(-c4ccccc4)cc(-c4ccc(-c5ccc(-c6cccc(-c7cc(-c8ccccc8)cc(-c8ccccn8)n7)n6)cc5)cc4)n3)cc2)C=C1.c1ccc(-c2ccc(-c3nc(-c4ccccc4)cc(-c4ccc(-c5ccc(-c6ccnc(-c7cc(-c8ccccc8)cc(-c8ccccn8)n7)c6)cc5)cc4)n3)cc2)cc1. The van der Waals surface area contributed by atoms with Crippen LogP contribution in [0.1, 0.15) is 17.9 Å². The molecule has 0 N–H and O–H groups in total. The van der Waals surface area contributed by atoms with Gasteiger partial charge in [-0.3, -0.25) is 15.0 Å². The first kappa shape index (κ1) is 74.1. The molecule has 0 fully saturated rings. The number of aromatic nitrogens is 10. The van der Waals surface area contributed by atoms with Crippen molar-refractivity contribution in [2.75, 3.05) is 0 Å². The zero-order valence-corrected chi connectivity index (χ0v) is 65.4. The molecule has 1 aliphatic rings. The van der Waals surface area contributed by atoms with E-state index in [4.69, 9.17) is 39.9 Å². The van der Waals surface area contributed by atoms with Crippen molar-refractivity contribution in [2.24, 2.45) is 0 Å². The number of hydrogen-bond acceptors (Lipinski definition) is 10. The molecule has 20 rings (SSSR count). The second-order valence-corrected chi connectivity index (χ2v) is 29.4. The molecule has 1 atom stereocenters. The molecular formula is C110H76N10. The Bertz CT molecular complexity index is 6710. The predicted octanol–water partition coefficient (Wildman–Crippen LogP) is 27.3. The molecule has 0 saturated heterocycles. The van der Waals surface area contributed by atoms with Gasteiger partial charge >= 0.3 is 0 Å². The van der Waals surface area contributed by atoms with Crippen molar-refractivity contribution in [1.82, 2.24) is 49.8 Å². The molecule has 0 saturated carbocycles. The highest BCUT2D eigenvalue weighted by Gasteiger charge is 2.19. The Balaban J connectivity index is 0.000000159. The van der Waals surface area contributed by atoms with Crippen molar-refractivity contribution in [3.8, 4) is 191 Å². The molecule has 10 nitrogen and oxygen atoms in total. The Kier molecular flexibility index (Phi) is 21.3. The third-order valence-corrected chi connectivity index (χ3v) is 21.6. The fourth-order valence-corrected chi connectivity index (χ4v) is 15.2. The number of allylic oxidation sites excluding steroid dienone is 4. The number of rotatable bonds is 18. The molecule has 1 aliphatic carbocycles. The van der Waals surface area contributed by atoms with E-state index in [1.54, 1.807) is 12.4 Å². The lowest BCUT2D eigenvalue weighted by molar-refractivity contribution is 0.854. The van der Waals surface area contributed by atoms with Gasteiger partial charge in [-0.15, -0.1) is 0 Å². The van der Waals surface area contributed by atoms with E-state index in [9.17, 15) is 0 Å². The standard InChI is InChI=1S/C55H39N5.C55H37N5/c1-4-13-38(14-5-1)40-26-32-46(33-27-40)55-59-51(43-17-8-3-9-18-43)37-52(60-55)45-30-24-42(25-31-45)41-22-28-44(29-23-41)48-20-12-21-50(57-48)54-36-47(39-15-6-2-7-16-39)35-53(58-54)49-19-10-11-34-56-49;1-4-12-38(13-5-1)40-25-29-46(30-26-40)55-59-50(44-16-8-3-9-17-44)37-51(60-55)45-27-23-42(24-28-45)41-19-21-43(22-20-41)47-31-33-57-52(34-47)54-36-48(39-14-6-2-7-15-39)35-53(58-54)49-18-10-11-32-56-49/h1-13,15-38H,14H2;1-37H. The summed E-state index contributed by atoms with van der Waals surface area (Å²) in [5.74, 6) is 1.80. The lowest BCUT2D eigenvalue weighted by Gasteiger charge is -2.14. The first-order valence-electron chi connectivity index (χ1n) is 40.2. The van der Waals surface area contributed by atoms with E-state index in [1.165, 1.54) is 11.1 Å². The van der Waals surface area contributed by atoms with E-state index >= 15 is 0 Å². The Labute approximate surface area is 697 Å². The summed E-state index contributed by atoms with van der Waals surface area (Å²) in [6.45, 7) is 0. The largest absolute Gasteiger partial charge is 0.255 e. The molecule has 0 bridgehead atoms. The fourth-order valence-electron chi connectivity index (χ4n) is 15.2. The molecule has 0 amide bonds. The lowest BCUT2D eigenvalue weighted by Crippen LogP contribution is -1.98. The van der Waals surface area contributed by atoms with E-state index in [0.29, 0.717) is 17.6 Å². The maximum atomic E-state index is 5.11. The number of nitrogens with zero attached hydrogens (tertiary/aromatic N) is 10. The Morgan fingerprint density at radius 3 is 0.858 bits per heavy atom. The van der Waals surface area contributed by atoms with Crippen LogP contribution in [0.25, 0.3) is 191 Å². The van der Waals surface area contributed by atoms with E-state index in [1.807, 2.05) is 121 Å². The highest BCUT2D eigenvalue weighted by Crippen LogP contribution is 2.38. The van der Waals surface area contributed by atoms with E-state index in [2.05, 4.69) is 319 Å². The maximum absolute atomic E-state index is 5.11. The minimum atomic E-state index is 0.396. The molecular weight excluding hydrogens is 1460 g/mol. The maximum Gasteiger partial charge on any atom is 0.160 e. The third-order valence-electron chi connectivity index (χ3n) is 21.6. The first-order valence-corrected chi connectivity index (χ1v) is 40.2. The molecule has 19 aromatic rings. The van der Waals surface area contributed by atoms with Crippen LogP contribution in [-0.4, -0.2) is 49.8 Å². The van der Waals surface area contributed by atoms with Crippen LogP contribution >= 0.6 is 0 Å². The molecule has 10 heteroatoms. The normalized spacial score (nSPS) is 12.2. The number of hydrogen-bond donors (Lipinski definition) is 0. The van der Waals surface area contributed by atoms with Gasteiger partial charge in [-0.05, 0) is 164 Å². The minimum Gasteiger partial charge on any atom is -0.255 e. The second-order valence-electron chi connectivity index (χ2n) is 29.4. The van der Waals surface area contributed by atoms with Crippen LogP contribution < -0.4 is 0 Å². The smallest absolute Gasteiger partial charge is 0.160 e. The van der Waals surface area contributed by atoms with E-state index < -0.39 is 0 Å². The van der Waals surface area contributed by atoms with E-state index in [0.717, 1.165) is 181 Å². The molecule has 0 radical (unpaired) electrons. The van der Waals surface area contributed by atoms with Crippen molar-refractivity contribution in [1.29, 1.82) is 0 Å². The molecule has 0 spiro atoms. The topological polar surface area (TPSA) is 129 Å². The highest BCUT2D eigenvalue weighted by molar-refractivity contribution is 5.83. The average molecular weight is 1540 g/mol. The summed E-state index contributed by atoms with van der Waals surface area (Å²) in [7, 11) is 0.